The Hall–Kier alpha value is -3.75. The topological polar surface area (TPSA) is 128 Å². The minimum absolute atomic E-state index is 0.109. The van der Waals surface area contributed by atoms with Gasteiger partial charge in [0.1, 0.15) is 5.75 Å². The summed E-state index contributed by atoms with van der Waals surface area (Å²) in [7, 11) is 0. The van der Waals surface area contributed by atoms with E-state index in [0.29, 0.717) is 13.0 Å². The van der Waals surface area contributed by atoms with Crippen LogP contribution in [0.3, 0.4) is 0 Å². The van der Waals surface area contributed by atoms with Crippen molar-refractivity contribution in [1.82, 2.24) is 5.32 Å². The maximum atomic E-state index is 12.4. The van der Waals surface area contributed by atoms with Crippen LogP contribution in [0.4, 0.5) is 11.4 Å². The molecule has 3 aromatic rings. The lowest BCUT2D eigenvalue weighted by Crippen LogP contribution is -2.29. The number of nitrogens with one attached hydrogen (secondary N) is 3. The first-order valence-corrected chi connectivity index (χ1v) is 10.5. The first-order valence-electron chi connectivity index (χ1n) is 9.70. The van der Waals surface area contributed by atoms with Gasteiger partial charge in [-0.05, 0) is 42.3 Å². The Morgan fingerprint density at radius 2 is 1.48 bits per heavy atom. The normalized spacial score (nSPS) is 10.4. The van der Waals surface area contributed by atoms with E-state index in [1.54, 1.807) is 0 Å². The zero-order valence-corrected chi connectivity index (χ0v) is 18.6. The van der Waals surface area contributed by atoms with Gasteiger partial charge in [-0.2, -0.15) is 0 Å². The summed E-state index contributed by atoms with van der Waals surface area (Å²) in [6, 6.07) is 15.9. The molecule has 170 valence electrons. The number of rotatable bonds is 6. The van der Waals surface area contributed by atoms with Crippen LogP contribution in [0.2, 0.25) is 10.0 Å². The summed E-state index contributed by atoms with van der Waals surface area (Å²) in [4.78, 5) is 36.9. The van der Waals surface area contributed by atoms with Gasteiger partial charge in [0.25, 0.3) is 5.91 Å². The van der Waals surface area contributed by atoms with Gasteiger partial charge in [-0.1, -0.05) is 53.5 Å². The molecule has 0 aliphatic carbocycles. The van der Waals surface area contributed by atoms with Crippen LogP contribution < -0.4 is 16.0 Å². The molecule has 0 atom stereocenters. The highest BCUT2D eigenvalue weighted by Crippen LogP contribution is 2.35. The van der Waals surface area contributed by atoms with E-state index in [2.05, 4.69) is 16.0 Å². The molecule has 8 nitrogen and oxygen atoms in total. The lowest BCUT2D eigenvalue weighted by molar-refractivity contribution is -0.133. The first-order chi connectivity index (χ1) is 15.7. The fourth-order valence-corrected chi connectivity index (χ4v) is 3.36. The fourth-order valence-electron chi connectivity index (χ4n) is 2.86. The van der Waals surface area contributed by atoms with E-state index in [-0.39, 0.29) is 32.7 Å². The molecule has 0 saturated carbocycles. The maximum absolute atomic E-state index is 12.4. The van der Waals surface area contributed by atoms with Crippen LogP contribution in [0.15, 0.2) is 60.7 Å². The number of benzene rings is 3. The van der Waals surface area contributed by atoms with Gasteiger partial charge >= 0.3 is 11.8 Å². The molecular formula is C23H19Cl2N3O5. The van der Waals surface area contributed by atoms with E-state index in [9.17, 15) is 24.6 Å². The Morgan fingerprint density at radius 3 is 2.18 bits per heavy atom. The minimum atomic E-state index is -1.15. The largest absolute Gasteiger partial charge is 0.506 e. The van der Waals surface area contributed by atoms with Gasteiger partial charge in [0.15, 0.2) is 5.75 Å². The molecule has 0 spiro atoms. The number of anilines is 2. The molecule has 3 rings (SSSR count). The molecular weight excluding hydrogens is 469 g/mol. The average Bonchev–Trinajstić information content (AvgIpc) is 2.79. The van der Waals surface area contributed by atoms with Crippen molar-refractivity contribution in [2.24, 2.45) is 0 Å². The van der Waals surface area contributed by atoms with Gasteiger partial charge in [0.05, 0.1) is 16.4 Å². The van der Waals surface area contributed by atoms with Crippen molar-refractivity contribution >= 4 is 52.3 Å². The van der Waals surface area contributed by atoms with Gasteiger partial charge in [0.2, 0.25) is 0 Å². The van der Waals surface area contributed by atoms with E-state index in [4.69, 9.17) is 23.2 Å². The minimum Gasteiger partial charge on any atom is -0.506 e. The summed E-state index contributed by atoms with van der Waals surface area (Å²) in [6.07, 6.45) is 0.634. The number of phenols is 2. The smallest absolute Gasteiger partial charge is 0.314 e. The molecule has 0 aliphatic rings. The summed E-state index contributed by atoms with van der Waals surface area (Å²) in [6.45, 7) is 0.388. The molecule has 3 aromatic carbocycles. The van der Waals surface area contributed by atoms with E-state index < -0.39 is 23.5 Å². The Kier molecular flexibility index (Phi) is 7.76. The molecule has 10 heteroatoms. The van der Waals surface area contributed by atoms with E-state index in [1.807, 2.05) is 30.3 Å². The van der Waals surface area contributed by atoms with Gasteiger partial charge in [0, 0.05) is 17.1 Å². The standard InChI is InChI=1S/C23H19Cl2N3O5/c24-15-11-16(25)20(30)18(12-15)28-23(33)22(32)27-17-10-14(6-7-19(17)29)21(31)26-9-8-13-4-2-1-3-5-13/h1-7,10-12,29-30H,8-9H2,(H,26,31)(H,27,32)(H,28,33). The van der Waals surface area contributed by atoms with E-state index in [0.717, 1.165) is 5.56 Å². The van der Waals surface area contributed by atoms with Crippen LogP contribution in [0, 0.1) is 0 Å². The van der Waals surface area contributed by atoms with Crippen molar-refractivity contribution in [2.45, 2.75) is 6.42 Å². The van der Waals surface area contributed by atoms with Crippen molar-refractivity contribution in [3.05, 3.63) is 81.8 Å². The quantitative estimate of drug-likeness (QED) is 0.265. The molecule has 5 N–H and O–H groups in total. The average molecular weight is 488 g/mol. The highest BCUT2D eigenvalue weighted by molar-refractivity contribution is 6.44. The molecule has 0 bridgehead atoms. The van der Waals surface area contributed by atoms with Crippen LogP contribution >= 0.6 is 23.2 Å². The number of amides is 3. The third-order valence-electron chi connectivity index (χ3n) is 4.53. The Morgan fingerprint density at radius 1 is 0.818 bits per heavy atom. The summed E-state index contributed by atoms with van der Waals surface area (Å²) < 4.78 is 0. The summed E-state index contributed by atoms with van der Waals surface area (Å²) >= 11 is 11.6. The van der Waals surface area contributed by atoms with Crippen LogP contribution in [0.1, 0.15) is 15.9 Å². The second-order valence-electron chi connectivity index (χ2n) is 6.92. The Bertz CT molecular complexity index is 1200. The van der Waals surface area contributed by atoms with Gasteiger partial charge in [-0.25, -0.2) is 0 Å². The van der Waals surface area contributed by atoms with Crippen molar-refractivity contribution in [2.75, 3.05) is 17.2 Å². The number of halogens is 2. The number of carbonyl (C=O) groups is 3. The number of carbonyl (C=O) groups excluding carboxylic acids is 3. The molecule has 0 saturated heterocycles. The molecule has 0 heterocycles. The predicted octanol–water partition coefficient (Wildman–Crippen LogP) is 3.95. The van der Waals surface area contributed by atoms with Crippen LogP contribution in [-0.4, -0.2) is 34.5 Å². The first kappa shape index (κ1) is 23.9. The molecule has 0 unspecified atom stereocenters. The predicted molar refractivity (Wildman–Crippen MR) is 126 cm³/mol. The highest BCUT2D eigenvalue weighted by atomic mass is 35.5. The fraction of sp³-hybridized carbons (Fsp3) is 0.0870. The summed E-state index contributed by atoms with van der Waals surface area (Å²) in [5.41, 5.74) is 0.938. The monoisotopic (exact) mass is 487 g/mol. The van der Waals surface area contributed by atoms with Crippen molar-refractivity contribution in [3.63, 3.8) is 0 Å². The molecule has 0 aromatic heterocycles. The second-order valence-corrected chi connectivity index (χ2v) is 7.76. The Labute approximate surface area is 199 Å². The zero-order valence-electron chi connectivity index (χ0n) is 17.1. The molecule has 0 aliphatic heterocycles. The summed E-state index contributed by atoms with van der Waals surface area (Å²) in [5, 5.41) is 27.1. The molecule has 3 amide bonds. The number of aromatic hydroxyl groups is 2. The number of hydrogen-bond acceptors (Lipinski definition) is 5. The molecule has 0 fully saturated rings. The zero-order chi connectivity index (χ0) is 24.0. The third kappa shape index (κ3) is 6.38. The number of phenolic OH excluding ortho intramolecular Hbond substituents is 2. The third-order valence-corrected chi connectivity index (χ3v) is 5.04. The van der Waals surface area contributed by atoms with E-state index >= 15 is 0 Å². The van der Waals surface area contributed by atoms with Crippen LogP contribution in [0.5, 0.6) is 11.5 Å². The van der Waals surface area contributed by atoms with Crippen molar-refractivity contribution < 1.29 is 24.6 Å². The lowest BCUT2D eigenvalue weighted by Gasteiger charge is -2.11. The summed E-state index contributed by atoms with van der Waals surface area (Å²) in [5.74, 6) is -3.52. The highest BCUT2D eigenvalue weighted by Gasteiger charge is 2.19. The molecule has 33 heavy (non-hydrogen) atoms. The second kappa shape index (κ2) is 10.7. The SMILES string of the molecule is O=C(Nc1cc(C(=O)NCCc2ccccc2)ccc1O)C(=O)Nc1cc(Cl)cc(Cl)c1O. The number of hydrogen-bond donors (Lipinski definition) is 5. The van der Waals surface area contributed by atoms with Gasteiger partial charge in [-0.15, -0.1) is 0 Å². The molecule has 0 radical (unpaired) electrons. The van der Waals surface area contributed by atoms with E-state index in [1.165, 1.54) is 30.3 Å². The van der Waals surface area contributed by atoms with Gasteiger partial charge in [-0.3, -0.25) is 14.4 Å². The van der Waals surface area contributed by atoms with Crippen LogP contribution in [0.25, 0.3) is 0 Å². The van der Waals surface area contributed by atoms with Gasteiger partial charge < -0.3 is 26.2 Å². The van der Waals surface area contributed by atoms with Crippen molar-refractivity contribution in [1.29, 1.82) is 0 Å². The lowest BCUT2D eigenvalue weighted by atomic mass is 10.1. The maximum Gasteiger partial charge on any atom is 0.314 e. The van der Waals surface area contributed by atoms with Crippen molar-refractivity contribution in [3.8, 4) is 11.5 Å². The van der Waals surface area contributed by atoms with Crippen LogP contribution in [-0.2, 0) is 16.0 Å². The Balaban J connectivity index is 1.63.